The molecule has 0 fully saturated rings. The molecular formula is C38H52ClN5O4. The van der Waals surface area contributed by atoms with E-state index in [0.29, 0.717) is 57.8 Å². The average molecular weight is 678 g/mol. The fourth-order valence-corrected chi connectivity index (χ4v) is 6.06. The van der Waals surface area contributed by atoms with Crippen LogP contribution in [0.4, 0.5) is 5.69 Å². The second kappa shape index (κ2) is 18.1. The third-order valence-corrected chi connectivity index (χ3v) is 8.75. The van der Waals surface area contributed by atoms with Gasteiger partial charge in [-0.05, 0) is 55.8 Å². The quantitative estimate of drug-likeness (QED) is 0.0755. The first-order valence-corrected chi connectivity index (χ1v) is 18.0. The molecule has 9 nitrogen and oxygen atoms in total. The summed E-state index contributed by atoms with van der Waals surface area (Å²) < 4.78 is 12.8. The van der Waals surface area contributed by atoms with Crippen molar-refractivity contribution in [2.45, 2.75) is 117 Å². The molecule has 0 saturated carbocycles. The maximum atomic E-state index is 13.2. The zero-order valence-electron chi connectivity index (χ0n) is 29.3. The van der Waals surface area contributed by atoms with Gasteiger partial charge in [-0.15, -0.1) is 5.10 Å². The lowest BCUT2D eigenvalue weighted by atomic mass is 9.92. The minimum Gasteiger partial charge on any atom is -0.492 e. The highest BCUT2D eigenvalue weighted by atomic mass is 35.5. The fourth-order valence-electron chi connectivity index (χ4n) is 5.61. The van der Waals surface area contributed by atoms with Crippen LogP contribution >= 0.6 is 11.6 Å². The van der Waals surface area contributed by atoms with Crippen LogP contribution in [-0.4, -0.2) is 44.9 Å². The Balaban J connectivity index is 1.27. The van der Waals surface area contributed by atoms with Crippen molar-refractivity contribution in [3.05, 3.63) is 64.3 Å². The first kappa shape index (κ1) is 37.0. The Bertz CT molecular complexity index is 1620. The topological polar surface area (TPSA) is 111 Å². The molecule has 0 aliphatic heterocycles. The van der Waals surface area contributed by atoms with E-state index in [0.717, 1.165) is 18.5 Å². The van der Waals surface area contributed by atoms with Crippen LogP contribution < -0.4 is 10.1 Å². The van der Waals surface area contributed by atoms with E-state index in [1.165, 1.54) is 64.2 Å². The monoisotopic (exact) mass is 677 g/mol. The summed E-state index contributed by atoms with van der Waals surface area (Å²) in [5.41, 5.74) is 3.16. The van der Waals surface area contributed by atoms with Crippen molar-refractivity contribution in [1.82, 2.24) is 19.8 Å². The summed E-state index contributed by atoms with van der Waals surface area (Å²) >= 11 is 6.62. The Kier molecular flexibility index (Phi) is 13.9. The van der Waals surface area contributed by atoms with Gasteiger partial charge in [-0.1, -0.05) is 110 Å². The molecule has 4 rings (SSSR count). The number of H-pyrrole nitrogens is 1. The van der Waals surface area contributed by atoms with Crippen LogP contribution in [0.3, 0.4) is 0 Å². The Hall–Kier alpha value is -3.85. The number of benzene rings is 2. The summed E-state index contributed by atoms with van der Waals surface area (Å²) in [6, 6.07) is 11.9. The van der Waals surface area contributed by atoms with Crippen molar-refractivity contribution in [3.8, 4) is 17.1 Å². The molecule has 48 heavy (non-hydrogen) atoms. The van der Waals surface area contributed by atoms with Gasteiger partial charge in [-0.2, -0.15) is 4.63 Å². The molecule has 2 N–H and O–H groups in total. The Morgan fingerprint density at radius 1 is 0.854 bits per heavy atom. The number of esters is 1. The van der Waals surface area contributed by atoms with Crippen molar-refractivity contribution in [2.75, 3.05) is 18.5 Å². The van der Waals surface area contributed by atoms with Crippen LogP contribution in [0.1, 0.15) is 138 Å². The molecule has 2 aromatic heterocycles. The van der Waals surface area contributed by atoms with Gasteiger partial charge in [0.25, 0.3) is 5.91 Å². The van der Waals surface area contributed by atoms with Crippen molar-refractivity contribution in [3.63, 3.8) is 0 Å². The number of nitrogens with one attached hydrogen (secondary N) is 2. The molecule has 2 heterocycles. The van der Waals surface area contributed by atoms with Gasteiger partial charge in [0.1, 0.15) is 10.8 Å². The number of unbranched alkanes of at least 4 members (excludes halogenated alkanes) is 11. The Morgan fingerprint density at radius 3 is 2.04 bits per heavy atom. The van der Waals surface area contributed by atoms with Crippen LogP contribution in [0.2, 0.25) is 5.02 Å². The predicted octanol–water partition coefficient (Wildman–Crippen LogP) is 10.2. The van der Waals surface area contributed by atoms with E-state index in [9.17, 15) is 9.59 Å². The minimum atomic E-state index is -0.380. The summed E-state index contributed by atoms with van der Waals surface area (Å²) in [6.45, 7) is 11.1. The third-order valence-electron chi connectivity index (χ3n) is 8.39. The SMILES string of the molecule is CCCCCCCCCCCCCCOC(=O)c1ccc(C(=O)Nc2cc(-c3nc4c(Cl)c(C(C)(C)C)[nH]n4n3)ccc2OCC)cc1. The number of ether oxygens (including phenoxy) is 2. The van der Waals surface area contributed by atoms with Crippen LogP contribution in [0.15, 0.2) is 42.5 Å². The van der Waals surface area contributed by atoms with Gasteiger partial charge < -0.3 is 14.8 Å². The second-order valence-electron chi connectivity index (χ2n) is 13.4. The maximum absolute atomic E-state index is 13.2. The van der Waals surface area contributed by atoms with E-state index < -0.39 is 0 Å². The number of carbonyl (C=O) groups is 2. The highest BCUT2D eigenvalue weighted by Crippen LogP contribution is 2.34. The number of anilines is 1. The van der Waals surface area contributed by atoms with Crippen molar-refractivity contribution < 1.29 is 19.1 Å². The van der Waals surface area contributed by atoms with Gasteiger partial charge in [0.2, 0.25) is 0 Å². The Labute approximate surface area is 290 Å². The van der Waals surface area contributed by atoms with Crippen LogP contribution in [0.25, 0.3) is 17.0 Å². The molecule has 0 aliphatic carbocycles. The molecule has 0 atom stereocenters. The van der Waals surface area contributed by atoms with Crippen LogP contribution in [0, 0.1) is 0 Å². The van der Waals surface area contributed by atoms with E-state index in [2.05, 4.69) is 48.2 Å². The normalized spacial score (nSPS) is 11.6. The number of aromatic nitrogens is 4. The lowest BCUT2D eigenvalue weighted by Gasteiger charge is -2.16. The fraction of sp³-hybridized carbons (Fsp3) is 0.526. The zero-order valence-corrected chi connectivity index (χ0v) is 30.0. The van der Waals surface area contributed by atoms with Crippen LogP contribution in [-0.2, 0) is 10.2 Å². The highest BCUT2D eigenvalue weighted by Gasteiger charge is 2.25. The highest BCUT2D eigenvalue weighted by molar-refractivity contribution is 6.34. The molecule has 0 saturated heterocycles. The molecule has 10 heteroatoms. The maximum Gasteiger partial charge on any atom is 0.338 e. The van der Waals surface area contributed by atoms with Crippen molar-refractivity contribution in [1.29, 1.82) is 0 Å². The van der Waals surface area contributed by atoms with E-state index in [1.54, 1.807) is 41.0 Å². The van der Waals surface area contributed by atoms with E-state index in [1.807, 2.05) is 13.0 Å². The number of halogens is 1. The van der Waals surface area contributed by atoms with E-state index >= 15 is 0 Å². The summed E-state index contributed by atoms with van der Waals surface area (Å²) in [5, 5.41) is 11.3. The number of fused-ring (bicyclic) bond motifs is 1. The van der Waals surface area contributed by atoms with Gasteiger partial charge in [0, 0.05) is 16.5 Å². The third kappa shape index (κ3) is 10.3. The lowest BCUT2D eigenvalue weighted by Crippen LogP contribution is -2.14. The number of carbonyl (C=O) groups excluding carboxylic acids is 2. The molecule has 0 bridgehead atoms. The molecular weight excluding hydrogens is 626 g/mol. The zero-order chi connectivity index (χ0) is 34.5. The summed E-state index contributed by atoms with van der Waals surface area (Å²) in [4.78, 5) is 30.5. The molecule has 1 amide bonds. The van der Waals surface area contributed by atoms with Gasteiger partial charge >= 0.3 is 5.97 Å². The first-order chi connectivity index (χ1) is 23.1. The Morgan fingerprint density at radius 2 is 1.46 bits per heavy atom. The van der Waals surface area contributed by atoms with E-state index in [-0.39, 0.29) is 17.3 Å². The van der Waals surface area contributed by atoms with Crippen molar-refractivity contribution >= 4 is 34.8 Å². The minimum absolute atomic E-state index is 0.194. The van der Waals surface area contributed by atoms with Gasteiger partial charge in [0.05, 0.1) is 30.2 Å². The first-order valence-electron chi connectivity index (χ1n) is 17.6. The standard InChI is InChI=1S/C38H52ClN5O4/c1-6-8-9-10-11-12-13-14-15-16-17-18-25-48-37(46)28-21-19-27(20-22-28)36(45)40-30-26-29(23-24-31(30)47-7-2)34-41-35-32(39)33(38(3,4)5)42-44(35)43-34/h19-24,26,42H,6-18,25H2,1-5H3,(H,40,45). The average Bonchev–Trinajstić information content (AvgIpc) is 3.63. The van der Waals surface area contributed by atoms with Crippen LogP contribution in [0.5, 0.6) is 5.75 Å². The number of amides is 1. The van der Waals surface area contributed by atoms with Crippen molar-refractivity contribution in [2.24, 2.45) is 0 Å². The predicted molar refractivity (Wildman–Crippen MR) is 193 cm³/mol. The largest absolute Gasteiger partial charge is 0.492 e. The molecule has 0 spiro atoms. The summed E-state index contributed by atoms with van der Waals surface area (Å²) in [7, 11) is 0. The lowest BCUT2D eigenvalue weighted by molar-refractivity contribution is 0.0497. The molecule has 0 unspecified atom stereocenters. The number of hydrogen-bond acceptors (Lipinski definition) is 6. The summed E-state index contributed by atoms with van der Waals surface area (Å²) in [5.74, 6) is 0.251. The molecule has 0 aliphatic rings. The summed E-state index contributed by atoms with van der Waals surface area (Å²) in [6.07, 6.45) is 15.1. The number of rotatable bonds is 19. The second-order valence-corrected chi connectivity index (χ2v) is 13.8. The number of aromatic amines is 1. The molecule has 4 aromatic rings. The van der Waals surface area contributed by atoms with E-state index in [4.69, 9.17) is 21.1 Å². The molecule has 260 valence electrons. The smallest absolute Gasteiger partial charge is 0.338 e. The molecule has 0 radical (unpaired) electrons. The van der Waals surface area contributed by atoms with Gasteiger partial charge in [-0.3, -0.25) is 9.89 Å². The number of hydrogen-bond donors (Lipinski definition) is 2. The van der Waals surface area contributed by atoms with Gasteiger partial charge in [-0.25, -0.2) is 9.78 Å². The van der Waals surface area contributed by atoms with Gasteiger partial charge in [0.15, 0.2) is 11.5 Å². The molecule has 2 aromatic carbocycles. The number of nitrogens with zero attached hydrogens (tertiary/aromatic N) is 3.